The van der Waals surface area contributed by atoms with Gasteiger partial charge in [0.05, 0.1) is 37.1 Å². The fraction of sp³-hybridized carbons (Fsp3) is 0.364. The van der Waals surface area contributed by atoms with Gasteiger partial charge in [-0.2, -0.15) is 0 Å². The molecule has 2 aliphatic rings. The van der Waals surface area contributed by atoms with Crippen molar-refractivity contribution in [3.05, 3.63) is 64.3 Å². The number of benzene rings is 1. The maximum atomic E-state index is 11.6. The van der Waals surface area contributed by atoms with Crippen LogP contribution in [0.5, 0.6) is 0 Å². The zero-order valence-electron chi connectivity index (χ0n) is 15.9. The average Bonchev–Trinajstić information content (AvgIpc) is 2.75. The van der Waals surface area contributed by atoms with E-state index in [4.69, 9.17) is 27.9 Å². The SMILES string of the molecule is O[C@H](c1cccnc1-c1cc(Cl)cc(Cl)c1)[C@H](C1CC=CC=N1)N1CCOCC1. The Balaban J connectivity index is 1.73. The highest BCUT2D eigenvalue weighted by Crippen LogP contribution is 2.35. The van der Waals surface area contributed by atoms with E-state index in [0.717, 1.165) is 30.6 Å². The normalized spacial score (nSPS) is 21.8. The first kappa shape index (κ1) is 20.5. The number of ether oxygens (including phenoxy) is 1. The van der Waals surface area contributed by atoms with E-state index < -0.39 is 6.10 Å². The summed E-state index contributed by atoms with van der Waals surface area (Å²) >= 11 is 12.4. The van der Waals surface area contributed by atoms with Gasteiger partial charge in [0.2, 0.25) is 0 Å². The number of aliphatic hydroxyl groups excluding tert-OH is 1. The molecule has 2 aromatic rings. The number of rotatable bonds is 5. The maximum Gasteiger partial charge on any atom is 0.0987 e. The molecule has 1 fully saturated rings. The Kier molecular flexibility index (Phi) is 6.63. The van der Waals surface area contributed by atoms with Crippen LogP contribution >= 0.6 is 23.2 Å². The number of hydrogen-bond donors (Lipinski definition) is 1. The van der Waals surface area contributed by atoms with Gasteiger partial charge in [-0.1, -0.05) is 35.3 Å². The standard InChI is InChI=1S/C22H23Cl2N3O2/c23-16-12-15(13-17(24)14-16)20-18(4-3-7-26-20)22(28)21(19-5-1-2-6-25-19)27-8-10-29-11-9-27/h1-4,6-7,12-14,19,21-22,28H,5,8-11H2/t19?,21-,22+/m0/s1. The summed E-state index contributed by atoms with van der Waals surface area (Å²) in [5.41, 5.74) is 2.20. The molecule has 29 heavy (non-hydrogen) atoms. The molecule has 3 heterocycles. The van der Waals surface area contributed by atoms with E-state index in [-0.39, 0.29) is 12.1 Å². The van der Waals surface area contributed by atoms with Crippen molar-refractivity contribution >= 4 is 29.4 Å². The Morgan fingerprint density at radius 3 is 2.59 bits per heavy atom. The van der Waals surface area contributed by atoms with Crippen LogP contribution in [0.1, 0.15) is 18.1 Å². The Morgan fingerprint density at radius 1 is 1.14 bits per heavy atom. The van der Waals surface area contributed by atoms with E-state index in [0.29, 0.717) is 29.0 Å². The summed E-state index contributed by atoms with van der Waals surface area (Å²) < 4.78 is 5.52. The number of nitrogens with zero attached hydrogens (tertiary/aromatic N) is 3. The first-order chi connectivity index (χ1) is 14.1. The molecule has 3 atom stereocenters. The predicted molar refractivity (Wildman–Crippen MR) is 117 cm³/mol. The summed E-state index contributed by atoms with van der Waals surface area (Å²) in [7, 11) is 0. The van der Waals surface area contributed by atoms with Crippen molar-refractivity contribution in [2.24, 2.45) is 4.99 Å². The Labute approximate surface area is 180 Å². The van der Waals surface area contributed by atoms with E-state index in [9.17, 15) is 5.11 Å². The average molecular weight is 432 g/mol. The number of aliphatic hydroxyl groups is 1. The van der Waals surface area contributed by atoms with Crippen molar-refractivity contribution in [3.8, 4) is 11.3 Å². The molecule has 0 saturated carbocycles. The second kappa shape index (κ2) is 9.37. The van der Waals surface area contributed by atoms with Gasteiger partial charge in [-0.15, -0.1) is 0 Å². The van der Waals surface area contributed by atoms with Gasteiger partial charge in [-0.25, -0.2) is 0 Å². The van der Waals surface area contributed by atoms with E-state index >= 15 is 0 Å². The lowest BCUT2D eigenvalue weighted by Gasteiger charge is -2.40. The van der Waals surface area contributed by atoms with Crippen LogP contribution in [0, 0.1) is 0 Å². The third-order valence-corrected chi connectivity index (χ3v) is 5.79. The molecule has 1 aromatic heterocycles. The van der Waals surface area contributed by atoms with Gasteiger partial charge in [-0.3, -0.25) is 14.9 Å². The number of pyridine rings is 1. The summed E-state index contributed by atoms with van der Waals surface area (Å²) in [5, 5.41) is 12.6. The van der Waals surface area contributed by atoms with E-state index in [1.165, 1.54) is 0 Å². The van der Waals surface area contributed by atoms with Gasteiger partial charge in [-0.05, 0) is 36.8 Å². The molecule has 152 valence electrons. The molecular formula is C22H23Cl2N3O2. The number of dihydropyridines is 1. The quantitative estimate of drug-likeness (QED) is 0.770. The molecule has 5 nitrogen and oxygen atoms in total. The van der Waals surface area contributed by atoms with E-state index in [2.05, 4.69) is 21.0 Å². The molecule has 0 amide bonds. The zero-order chi connectivity index (χ0) is 20.2. The molecular weight excluding hydrogens is 409 g/mol. The monoisotopic (exact) mass is 431 g/mol. The molecule has 0 radical (unpaired) electrons. The molecule has 1 aromatic carbocycles. The van der Waals surface area contributed by atoms with Crippen LogP contribution in [-0.4, -0.2) is 59.6 Å². The molecule has 1 saturated heterocycles. The summed E-state index contributed by atoms with van der Waals surface area (Å²) in [6.07, 6.45) is 7.58. The first-order valence-corrected chi connectivity index (χ1v) is 10.5. The Morgan fingerprint density at radius 2 is 1.90 bits per heavy atom. The first-order valence-electron chi connectivity index (χ1n) is 9.73. The van der Waals surface area contributed by atoms with Gasteiger partial charge in [0.1, 0.15) is 0 Å². The van der Waals surface area contributed by atoms with Crippen molar-refractivity contribution < 1.29 is 9.84 Å². The third kappa shape index (κ3) is 4.71. The summed E-state index contributed by atoms with van der Waals surface area (Å²) in [6, 6.07) is 8.85. The van der Waals surface area contributed by atoms with Gasteiger partial charge >= 0.3 is 0 Å². The number of allylic oxidation sites excluding steroid dienone is 1. The minimum atomic E-state index is -0.775. The fourth-order valence-corrected chi connectivity index (χ4v) is 4.55. The third-order valence-electron chi connectivity index (χ3n) is 5.36. The number of aliphatic imine (C=N–C) groups is 1. The van der Waals surface area contributed by atoms with Crippen LogP contribution in [-0.2, 0) is 4.74 Å². The van der Waals surface area contributed by atoms with Crippen LogP contribution in [0.25, 0.3) is 11.3 Å². The van der Waals surface area contributed by atoms with Gasteiger partial charge < -0.3 is 9.84 Å². The van der Waals surface area contributed by atoms with Gasteiger partial charge in [0.15, 0.2) is 0 Å². The van der Waals surface area contributed by atoms with Crippen LogP contribution in [0.15, 0.2) is 53.7 Å². The van der Waals surface area contributed by atoms with Crippen molar-refractivity contribution in [2.45, 2.75) is 24.6 Å². The predicted octanol–water partition coefficient (Wildman–Crippen LogP) is 4.19. The molecule has 4 rings (SSSR count). The minimum Gasteiger partial charge on any atom is -0.387 e. The van der Waals surface area contributed by atoms with Crippen molar-refractivity contribution in [1.82, 2.24) is 9.88 Å². The van der Waals surface area contributed by atoms with Crippen LogP contribution in [0.3, 0.4) is 0 Å². The van der Waals surface area contributed by atoms with Crippen molar-refractivity contribution in [3.63, 3.8) is 0 Å². The maximum absolute atomic E-state index is 11.6. The van der Waals surface area contributed by atoms with Crippen LogP contribution < -0.4 is 0 Å². The van der Waals surface area contributed by atoms with E-state index in [1.54, 1.807) is 12.3 Å². The molecule has 0 bridgehead atoms. The lowest BCUT2D eigenvalue weighted by atomic mass is 9.89. The lowest BCUT2D eigenvalue weighted by Crippen LogP contribution is -2.51. The summed E-state index contributed by atoms with van der Waals surface area (Å²) in [6.45, 7) is 2.82. The zero-order valence-corrected chi connectivity index (χ0v) is 17.4. The summed E-state index contributed by atoms with van der Waals surface area (Å²) in [5.74, 6) is 0. The van der Waals surface area contributed by atoms with Gasteiger partial charge in [0, 0.05) is 46.7 Å². The fourth-order valence-electron chi connectivity index (χ4n) is 4.03. The number of aromatic nitrogens is 1. The number of morpholine rings is 1. The van der Waals surface area contributed by atoms with Crippen LogP contribution in [0.4, 0.5) is 0 Å². The minimum absolute atomic E-state index is 0.0379. The molecule has 0 spiro atoms. The summed E-state index contributed by atoms with van der Waals surface area (Å²) in [4.78, 5) is 11.5. The van der Waals surface area contributed by atoms with Crippen molar-refractivity contribution in [1.29, 1.82) is 0 Å². The highest BCUT2D eigenvalue weighted by atomic mass is 35.5. The molecule has 0 aliphatic carbocycles. The highest BCUT2D eigenvalue weighted by Gasteiger charge is 2.36. The Bertz CT molecular complexity index is 892. The Hall–Kier alpha value is -1.76. The highest BCUT2D eigenvalue weighted by molar-refractivity contribution is 6.35. The second-order valence-corrected chi connectivity index (χ2v) is 8.09. The second-order valence-electron chi connectivity index (χ2n) is 7.21. The van der Waals surface area contributed by atoms with E-state index in [1.807, 2.05) is 36.6 Å². The number of hydrogen-bond acceptors (Lipinski definition) is 5. The van der Waals surface area contributed by atoms with Crippen molar-refractivity contribution in [2.75, 3.05) is 26.3 Å². The van der Waals surface area contributed by atoms with Gasteiger partial charge in [0.25, 0.3) is 0 Å². The van der Waals surface area contributed by atoms with Crippen LogP contribution in [0.2, 0.25) is 10.0 Å². The molecule has 1 N–H and O–H groups in total. The largest absolute Gasteiger partial charge is 0.387 e. The molecule has 2 aliphatic heterocycles. The topological polar surface area (TPSA) is 58.0 Å². The lowest BCUT2D eigenvalue weighted by molar-refractivity contribution is -0.0301. The number of halogens is 2. The smallest absolute Gasteiger partial charge is 0.0987 e. The molecule has 1 unspecified atom stereocenters. The molecule has 7 heteroatoms.